The molecule has 212 valence electrons. The van der Waals surface area contributed by atoms with E-state index < -0.39 is 17.3 Å². The number of carbonyl (C=O) groups is 4. The number of nitrogens with zero attached hydrogens (tertiary/aromatic N) is 3. The number of anilines is 1. The molecule has 2 saturated heterocycles. The first kappa shape index (κ1) is 25.2. The molecule has 1 saturated carbocycles. The van der Waals surface area contributed by atoms with Crippen molar-refractivity contribution < 1.29 is 19.2 Å². The molecule has 4 bridgehead atoms. The minimum absolute atomic E-state index is 0.0599. The molecule has 5 aliphatic carbocycles. The van der Waals surface area contributed by atoms with Crippen molar-refractivity contribution in [3.63, 3.8) is 0 Å². The summed E-state index contributed by atoms with van der Waals surface area (Å²) >= 11 is 6.45. The number of benzene rings is 3. The average molecular weight is 588 g/mol. The summed E-state index contributed by atoms with van der Waals surface area (Å²) in [6.07, 6.45) is 6.56. The fourth-order valence-corrected chi connectivity index (χ4v) is 9.35. The number of carbonyl (C=O) groups excluding carboxylic acids is 4. The summed E-state index contributed by atoms with van der Waals surface area (Å²) in [7, 11) is 0. The van der Waals surface area contributed by atoms with Gasteiger partial charge < -0.3 is 0 Å². The molecule has 4 amide bonds. The van der Waals surface area contributed by atoms with E-state index in [2.05, 4.69) is 17.3 Å². The van der Waals surface area contributed by atoms with Crippen molar-refractivity contribution >= 4 is 47.1 Å². The second-order valence-electron chi connectivity index (χ2n) is 12.7. The maximum absolute atomic E-state index is 14.6. The van der Waals surface area contributed by atoms with E-state index in [1.165, 1.54) is 4.90 Å². The molecule has 2 aliphatic heterocycles. The summed E-state index contributed by atoms with van der Waals surface area (Å²) in [6.45, 7) is 1.87. The van der Waals surface area contributed by atoms with Crippen LogP contribution >= 0.6 is 11.6 Å². The molecular formula is C35H26ClN3O4. The van der Waals surface area contributed by atoms with Gasteiger partial charge in [-0.3, -0.25) is 19.2 Å². The molecule has 7 aliphatic rings. The van der Waals surface area contributed by atoms with Crippen LogP contribution in [0.25, 0.3) is 0 Å². The Morgan fingerprint density at radius 2 is 1.40 bits per heavy atom. The lowest BCUT2D eigenvalue weighted by Gasteiger charge is -2.52. The number of fused-ring (bicyclic) bond motifs is 5. The Kier molecular flexibility index (Phi) is 4.91. The third-order valence-corrected chi connectivity index (χ3v) is 11.3. The highest BCUT2D eigenvalue weighted by atomic mass is 35.5. The molecular weight excluding hydrogens is 562 g/mol. The molecule has 7 nitrogen and oxygen atoms in total. The van der Waals surface area contributed by atoms with E-state index in [9.17, 15) is 19.2 Å². The van der Waals surface area contributed by atoms with Crippen molar-refractivity contribution in [2.75, 3.05) is 4.90 Å². The minimum atomic E-state index is -1.17. The van der Waals surface area contributed by atoms with Crippen molar-refractivity contribution in [1.82, 2.24) is 5.01 Å². The highest BCUT2D eigenvalue weighted by Crippen LogP contribution is 2.64. The van der Waals surface area contributed by atoms with Crippen LogP contribution in [0.2, 0.25) is 5.02 Å². The van der Waals surface area contributed by atoms with Crippen LogP contribution in [0.5, 0.6) is 0 Å². The van der Waals surface area contributed by atoms with Gasteiger partial charge in [0, 0.05) is 17.2 Å². The molecule has 6 atom stereocenters. The van der Waals surface area contributed by atoms with Gasteiger partial charge in [0.25, 0.3) is 11.8 Å². The Hall–Kier alpha value is -4.36. The summed E-state index contributed by atoms with van der Waals surface area (Å²) in [5, 5.41) is 6.18. The first-order valence-corrected chi connectivity index (χ1v) is 15.1. The van der Waals surface area contributed by atoms with Gasteiger partial charge in [-0.1, -0.05) is 78.4 Å². The van der Waals surface area contributed by atoms with E-state index in [0.717, 1.165) is 39.2 Å². The number of allylic oxidation sites excluding steroid dienone is 2. The van der Waals surface area contributed by atoms with Crippen LogP contribution in [0, 0.1) is 42.4 Å². The molecule has 43 heavy (non-hydrogen) atoms. The zero-order chi connectivity index (χ0) is 29.4. The summed E-state index contributed by atoms with van der Waals surface area (Å²) in [5.74, 6) is -3.68. The minimum Gasteiger partial charge on any atom is -0.274 e. The fraction of sp³-hybridized carbons (Fsp3) is 0.286. The van der Waals surface area contributed by atoms with Crippen LogP contribution in [-0.4, -0.2) is 34.9 Å². The van der Waals surface area contributed by atoms with Crippen LogP contribution in [0.1, 0.15) is 40.2 Å². The number of imide groups is 2. The number of halogens is 1. The predicted molar refractivity (Wildman–Crippen MR) is 159 cm³/mol. The molecule has 0 N–H and O–H groups in total. The lowest BCUT2D eigenvalue weighted by atomic mass is 9.47. The highest BCUT2D eigenvalue weighted by Gasteiger charge is 2.68. The SMILES string of the molecule is Cc1ccc(N2C(=O)[C@@H]3C4c5ccccc5C(/C=N\N5C(=O)[C@@H]6[C@H](C5=O)[C@H]5C=C[C@H]6C5)(c5ccccc54)[C@@H]3C2=O)cc1Cl. The molecule has 0 aromatic heterocycles. The van der Waals surface area contributed by atoms with E-state index in [4.69, 9.17) is 11.6 Å². The number of rotatable bonds is 3. The van der Waals surface area contributed by atoms with Gasteiger partial charge in [0.2, 0.25) is 11.8 Å². The van der Waals surface area contributed by atoms with Crippen LogP contribution in [0.3, 0.4) is 0 Å². The van der Waals surface area contributed by atoms with Crippen LogP contribution in [0.4, 0.5) is 5.69 Å². The highest BCUT2D eigenvalue weighted by molar-refractivity contribution is 6.32. The third kappa shape index (κ3) is 2.93. The second-order valence-corrected chi connectivity index (χ2v) is 13.1. The molecule has 3 aromatic rings. The van der Waals surface area contributed by atoms with Gasteiger partial charge in [0.1, 0.15) is 0 Å². The van der Waals surface area contributed by atoms with Gasteiger partial charge in [-0.15, -0.1) is 0 Å². The molecule has 0 radical (unpaired) electrons. The fourth-order valence-electron chi connectivity index (χ4n) is 9.17. The molecule has 3 fully saturated rings. The monoisotopic (exact) mass is 587 g/mol. The second kappa shape index (κ2) is 8.38. The van der Waals surface area contributed by atoms with Gasteiger partial charge in [-0.2, -0.15) is 10.1 Å². The lowest BCUT2D eigenvalue weighted by Crippen LogP contribution is -2.55. The van der Waals surface area contributed by atoms with Crippen molar-refractivity contribution in [2.24, 2.45) is 40.6 Å². The normalized spacial score (nSPS) is 34.4. The number of hydrogen-bond donors (Lipinski definition) is 0. The summed E-state index contributed by atoms with van der Waals surface area (Å²) in [4.78, 5) is 57.4. The van der Waals surface area contributed by atoms with Crippen LogP contribution < -0.4 is 4.90 Å². The summed E-state index contributed by atoms with van der Waals surface area (Å²) in [5.41, 5.74) is 3.76. The average Bonchev–Trinajstić information content (AvgIpc) is 3.76. The van der Waals surface area contributed by atoms with Crippen LogP contribution in [-0.2, 0) is 24.6 Å². The Balaban J connectivity index is 1.24. The topological polar surface area (TPSA) is 87.1 Å². The molecule has 3 aromatic carbocycles. The van der Waals surface area contributed by atoms with Gasteiger partial charge in [-0.05, 0) is 65.1 Å². The van der Waals surface area contributed by atoms with Gasteiger partial charge in [0.15, 0.2) is 0 Å². The Labute approximate surface area is 252 Å². The van der Waals surface area contributed by atoms with Crippen molar-refractivity contribution in [3.8, 4) is 0 Å². The van der Waals surface area contributed by atoms with E-state index in [0.29, 0.717) is 10.7 Å². The van der Waals surface area contributed by atoms with Gasteiger partial charge in [0.05, 0.1) is 34.8 Å². The van der Waals surface area contributed by atoms with Crippen molar-refractivity contribution in [3.05, 3.63) is 112 Å². The Morgan fingerprint density at radius 3 is 2.00 bits per heavy atom. The Morgan fingerprint density at radius 1 is 0.791 bits per heavy atom. The zero-order valence-electron chi connectivity index (χ0n) is 23.2. The number of amides is 4. The molecule has 8 heteroatoms. The molecule has 0 unspecified atom stereocenters. The maximum Gasteiger partial charge on any atom is 0.254 e. The number of aryl methyl sites for hydroxylation is 1. The first-order valence-electron chi connectivity index (χ1n) is 14.8. The lowest BCUT2D eigenvalue weighted by molar-refractivity contribution is -0.140. The van der Waals surface area contributed by atoms with Crippen molar-refractivity contribution in [1.29, 1.82) is 0 Å². The van der Waals surface area contributed by atoms with Gasteiger partial charge >= 0.3 is 0 Å². The molecule has 10 rings (SSSR count). The van der Waals surface area contributed by atoms with E-state index >= 15 is 0 Å². The first-order chi connectivity index (χ1) is 20.8. The Bertz CT molecular complexity index is 1820. The van der Waals surface area contributed by atoms with E-state index in [1.807, 2.05) is 55.5 Å². The number of hydrazone groups is 1. The maximum atomic E-state index is 14.6. The summed E-state index contributed by atoms with van der Waals surface area (Å²) in [6, 6.07) is 20.9. The molecule has 2 heterocycles. The number of hydrogen-bond acceptors (Lipinski definition) is 5. The third-order valence-electron chi connectivity index (χ3n) is 10.9. The largest absolute Gasteiger partial charge is 0.274 e. The van der Waals surface area contributed by atoms with Crippen molar-refractivity contribution in [2.45, 2.75) is 24.7 Å². The van der Waals surface area contributed by atoms with E-state index in [-0.39, 0.29) is 53.2 Å². The van der Waals surface area contributed by atoms with E-state index in [1.54, 1.807) is 24.4 Å². The summed E-state index contributed by atoms with van der Waals surface area (Å²) < 4.78 is 0. The standard InChI is InChI=1S/C35H26ClN3O4/c1-17-10-13-20(15-25(17)36)38-31(40)29-28-21-6-2-4-8-23(21)35(30(29)34(38)43,24-9-5-3-7-22(24)28)16-37-39-32(41)26-18-11-12-19(14-18)27(26)33(39)42/h2-13,15-16,18-19,26-30H,14H2,1H3/b37-16-/t18-,19-,26-,27+,28?,29+,30-,35?/m0/s1. The zero-order valence-corrected chi connectivity index (χ0v) is 23.9. The van der Waals surface area contributed by atoms with Crippen LogP contribution in [0.15, 0.2) is 84.0 Å². The predicted octanol–water partition coefficient (Wildman–Crippen LogP) is 4.99. The molecule has 0 spiro atoms. The quantitative estimate of drug-likeness (QED) is 0.245. The smallest absolute Gasteiger partial charge is 0.254 e. The van der Waals surface area contributed by atoms with Gasteiger partial charge in [-0.25, -0.2) is 4.90 Å².